The van der Waals surface area contributed by atoms with Crippen LogP contribution in [0.4, 0.5) is 0 Å². The van der Waals surface area contributed by atoms with Gasteiger partial charge < -0.3 is 5.32 Å². The molecule has 0 aliphatic carbocycles. The van der Waals surface area contributed by atoms with Crippen molar-refractivity contribution in [3.8, 4) is 22.9 Å². The molecule has 150 valence electrons. The molecular weight excluding hydrogens is 398 g/mol. The molecule has 0 unspecified atom stereocenters. The van der Waals surface area contributed by atoms with E-state index in [4.69, 9.17) is 0 Å². The molecule has 3 aromatic heterocycles. The number of aryl methyl sites for hydroxylation is 1. The van der Waals surface area contributed by atoms with Crippen LogP contribution in [0.15, 0.2) is 66.1 Å². The van der Waals surface area contributed by atoms with Crippen molar-refractivity contribution in [2.75, 3.05) is 5.75 Å². The number of nitrogens with zero attached hydrogens (tertiary/aromatic N) is 5. The molecule has 0 bridgehead atoms. The lowest BCUT2D eigenvalue weighted by molar-refractivity contribution is -0.118. The molecule has 9 heteroatoms. The molecule has 0 saturated heterocycles. The van der Waals surface area contributed by atoms with Gasteiger partial charge in [-0.1, -0.05) is 47.7 Å². The van der Waals surface area contributed by atoms with Gasteiger partial charge >= 0.3 is 0 Å². The lowest BCUT2D eigenvalue weighted by Gasteiger charge is -2.05. The zero-order valence-electron chi connectivity index (χ0n) is 16.2. The maximum absolute atomic E-state index is 12.2. The summed E-state index contributed by atoms with van der Waals surface area (Å²) in [6, 6.07) is 15.3. The van der Waals surface area contributed by atoms with Crippen LogP contribution in [0.3, 0.4) is 0 Å². The summed E-state index contributed by atoms with van der Waals surface area (Å²) < 4.78 is 0. The first-order valence-corrected chi connectivity index (χ1v) is 10.3. The lowest BCUT2D eigenvalue weighted by atomic mass is 10.1. The van der Waals surface area contributed by atoms with Crippen molar-refractivity contribution in [1.29, 1.82) is 0 Å². The van der Waals surface area contributed by atoms with Gasteiger partial charge in [-0.05, 0) is 25.1 Å². The number of amides is 1. The summed E-state index contributed by atoms with van der Waals surface area (Å²) >= 11 is 1.27. The molecule has 3 heterocycles. The Morgan fingerprint density at radius 3 is 2.70 bits per heavy atom. The highest BCUT2D eigenvalue weighted by Gasteiger charge is 2.10. The van der Waals surface area contributed by atoms with Crippen LogP contribution in [0, 0.1) is 6.92 Å². The molecule has 0 atom stereocenters. The highest BCUT2D eigenvalue weighted by atomic mass is 32.2. The zero-order valence-corrected chi connectivity index (χ0v) is 17.1. The average Bonchev–Trinajstić information content (AvgIpc) is 3.27. The normalized spacial score (nSPS) is 10.7. The molecule has 0 spiro atoms. The molecule has 1 amide bonds. The molecular formula is C21H19N7OS. The quantitative estimate of drug-likeness (QED) is 0.445. The van der Waals surface area contributed by atoms with Crippen molar-refractivity contribution in [2.45, 2.75) is 18.6 Å². The van der Waals surface area contributed by atoms with Gasteiger partial charge in [0, 0.05) is 18.0 Å². The fourth-order valence-corrected chi connectivity index (χ4v) is 3.26. The number of rotatable bonds is 7. The third-order valence-electron chi connectivity index (χ3n) is 4.20. The smallest absolute Gasteiger partial charge is 0.230 e. The third kappa shape index (κ3) is 5.06. The number of pyridine rings is 1. The fraction of sp³-hybridized carbons (Fsp3) is 0.143. The number of hydrogen-bond donors (Lipinski definition) is 2. The lowest BCUT2D eigenvalue weighted by Crippen LogP contribution is -2.25. The Kier molecular flexibility index (Phi) is 6.09. The summed E-state index contributed by atoms with van der Waals surface area (Å²) in [5, 5.41) is 10.5. The summed E-state index contributed by atoms with van der Waals surface area (Å²) in [6.45, 7) is 2.34. The summed E-state index contributed by atoms with van der Waals surface area (Å²) in [4.78, 5) is 29.6. The summed E-state index contributed by atoms with van der Waals surface area (Å²) in [6.07, 6.45) is 3.35. The summed E-state index contributed by atoms with van der Waals surface area (Å²) in [5.41, 5.74) is 3.54. The molecule has 30 heavy (non-hydrogen) atoms. The Labute approximate surface area is 177 Å². The Morgan fingerprint density at radius 1 is 1.03 bits per heavy atom. The fourth-order valence-electron chi connectivity index (χ4n) is 2.63. The van der Waals surface area contributed by atoms with Gasteiger partial charge in [-0.3, -0.25) is 14.9 Å². The standard InChI is InChI=1S/C21H19N7OS/c1-14-5-7-15(8-6-14)19-26-21(28-27-19)30-13-18(29)24-12-16-9-11-23-20(25-16)17-4-2-3-10-22-17/h2-11H,12-13H2,1H3,(H,24,29)(H,26,27,28). The van der Waals surface area contributed by atoms with Crippen molar-refractivity contribution in [3.05, 3.63) is 72.2 Å². The topological polar surface area (TPSA) is 109 Å². The second kappa shape index (κ2) is 9.27. The predicted molar refractivity (Wildman–Crippen MR) is 114 cm³/mol. The molecule has 0 aliphatic rings. The van der Waals surface area contributed by atoms with Gasteiger partial charge in [-0.2, -0.15) is 0 Å². The molecule has 1 aromatic carbocycles. The molecule has 0 aliphatic heterocycles. The van der Waals surface area contributed by atoms with E-state index in [1.165, 1.54) is 17.3 Å². The van der Waals surface area contributed by atoms with Crippen LogP contribution >= 0.6 is 11.8 Å². The molecule has 4 rings (SSSR count). The van der Waals surface area contributed by atoms with Crippen LogP contribution in [0.1, 0.15) is 11.3 Å². The third-order valence-corrected chi connectivity index (χ3v) is 5.04. The Hall–Kier alpha value is -3.59. The van der Waals surface area contributed by atoms with Crippen molar-refractivity contribution in [3.63, 3.8) is 0 Å². The highest BCUT2D eigenvalue weighted by molar-refractivity contribution is 7.99. The first-order chi connectivity index (χ1) is 14.7. The number of aromatic amines is 1. The summed E-state index contributed by atoms with van der Waals surface area (Å²) in [5.74, 6) is 1.30. The molecule has 8 nitrogen and oxygen atoms in total. The second-order valence-electron chi connectivity index (χ2n) is 6.48. The largest absolute Gasteiger partial charge is 0.350 e. The molecule has 0 fully saturated rings. The van der Waals surface area contributed by atoms with Crippen LogP contribution < -0.4 is 5.32 Å². The first-order valence-electron chi connectivity index (χ1n) is 9.29. The minimum atomic E-state index is -0.125. The minimum absolute atomic E-state index is 0.125. The number of benzene rings is 1. The van der Waals surface area contributed by atoms with Gasteiger partial charge in [0.2, 0.25) is 11.1 Å². The molecule has 0 radical (unpaired) electrons. The van der Waals surface area contributed by atoms with Gasteiger partial charge in [0.15, 0.2) is 11.6 Å². The molecule has 4 aromatic rings. The summed E-state index contributed by atoms with van der Waals surface area (Å²) in [7, 11) is 0. The van der Waals surface area contributed by atoms with E-state index in [0.717, 1.165) is 5.56 Å². The number of thioether (sulfide) groups is 1. The second-order valence-corrected chi connectivity index (χ2v) is 7.43. The Bertz CT molecular complexity index is 1130. The average molecular weight is 417 g/mol. The van der Waals surface area contributed by atoms with Gasteiger partial charge in [-0.25, -0.2) is 15.0 Å². The number of carbonyl (C=O) groups is 1. The van der Waals surface area contributed by atoms with Gasteiger partial charge in [0.05, 0.1) is 18.0 Å². The van der Waals surface area contributed by atoms with E-state index in [1.54, 1.807) is 18.5 Å². The van der Waals surface area contributed by atoms with E-state index in [1.807, 2.05) is 49.4 Å². The number of carbonyl (C=O) groups excluding carboxylic acids is 1. The van der Waals surface area contributed by atoms with Gasteiger partial charge in [-0.15, -0.1) is 5.10 Å². The van der Waals surface area contributed by atoms with Gasteiger partial charge in [0.25, 0.3) is 0 Å². The van der Waals surface area contributed by atoms with Gasteiger partial charge in [0.1, 0.15) is 5.69 Å². The van der Waals surface area contributed by atoms with E-state index in [9.17, 15) is 4.79 Å². The van der Waals surface area contributed by atoms with Crippen molar-refractivity contribution in [2.24, 2.45) is 0 Å². The Morgan fingerprint density at radius 2 is 1.90 bits per heavy atom. The molecule has 2 N–H and O–H groups in total. The van der Waals surface area contributed by atoms with Crippen LogP contribution in [0.2, 0.25) is 0 Å². The number of nitrogens with one attached hydrogen (secondary N) is 2. The van der Waals surface area contributed by atoms with E-state index in [0.29, 0.717) is 34.7 Å². The number of hydrogen-bond acceptors (Lipinski definition) is 7. The highest BCUT2D eigenvalue weighted by Crippen LogP contribution is 2.19. The van der Waals surface area contributed by atoms with E-state index in [2.05, 4.69) is 35.5 Å². The van der Waals surface area contributed by atoms with Crippen molar-refractivity contribution >= 4 is 17.7 Å². The van der Waals surface area contributed by atoms with E-state index < -0.39 is 0 Å². The van der Waals surface area contributed by atoms with Crippen molar-refractivity contribution in [1.82, 2.24) is 35.5 Å². The number of aromatic nitrogens is 6. The van der Waals surface area contributed by atoms with Crippen molar-refractivity contribution < 1.29 is 4.79 Å². The van der Waals surface area contributed by atoms with Crippen LogP contribution in [-0.4, -0.2) is 41.8 Å². The van der Waals surface area contributed by atoms with E-state index >= 15 is 0 Å². The first kappa shape index (κ1) is 19.7. The monoisotopic (exact) mass is 417 g/mol. The predicted octanol–water partition coefficient (Wildman–Crippen LogP) is 3.04. The minimum Gasteiger partial charge on any atom is -0.350 e. The zero-order chi connectivity index (χ0) is 20.8. The number of H-pyrrole nitrogens is 1. The van der Waals surface area contributed by atoms with E-state index in [-0.39, 0.29) is 11.7 Å². The van der Waals surface area contributed by atoms with Crippen LogP contribution in [-0.2, 0) is 11.3 Å². The Balaban J connectivity index is 1.29. The maximum Gasteiger partial charge on any atom is 0.230 e. The van der Waals surface area contributed by atoms with Crippen LogP contribution in [0.25, 0.3) is 22.9 Å². The SMILES string of the molecule is Cc1ccc(-c2nc(SCC(=O)NCc3ccnc(-c4ccccn4)n3)n[nH]2)cc1. The van der Waals surface area contributed by atoms with Crippen LogP contribution in [0.5, 0.6) is 0 Å². The maximum atomic E-state index is 12.2. The molecule has 0 saturated carbocycles.